The van der Waals surface area contributed by atoms with Crippen LogP contribution in [0, 0.1) is 13.8 Å². The lowest BCUT2D eigenvalue weighted by Crippen LogP contribution is -2.12. The van der Waals surface area contributed by atoms with Gasteiger partial charge in [0.05, 0.1) is 11.9 Å². The molecule has 0 radical (unpaired) electrons. The van der Waals surface area contributed by atoms with Gasteiger partial charge in [-0.15, -0.1) is 0 Å². The van der Waals surface area contributed by atoms with Crippen molar-refractivity contribution in [3.8, 4) is 0 Å². The number of nitrogens with one attached hydrogen (secondary N) is 1. The maximum atomic E-state index is 11.9. The van der Waals surface area contributed by atoms with E-state index in [0.717, 1.165) is 15.7 Å². The Labute approximate surface area is 107 Å². The van der Waals surface area contributed by atoms with Gasteiger partial charge in [0.15, 0.2) is 0 Å². The summed E-state index contributed by atoms with van der Waals surface area (Å²) in [5.41, 5.74) is 2.29. The molecule has 5 heteroatoms. The lowest BCUT2D eigenvalue weighted by molar-refractivity contribution is 0.102. The van der Waals surface area contributed by atoms with E-state index in [0.29, 0.717) is 11.3 Å². The summed E-state index contributed by atoms with van der Waals surface area (Å²) in [6, 6.07) is 5.72. The van der Waals surface area contributed by atoms with Gasteiger partial charge in [-0.2, -0.15) is 0 Å². The molecule has 0 saturated carbocycles. The third-order valence-corrected chi connectivity index (χ3v) is 3.02. The number of halogens is 1. The summed E-state index contributed by atoms with van der Waals surface area (Å²) in [5, 5.41) is 6.37. The highest BCUT2D eigenvalue weighted by molar-refractivity contribution is 9.10. The van der Waals surface area contributed by atoms with Gasteiger partial charge in [0.1, 0.15) is 11.3 Å². The number of nitrogens with zero attached hydrogens (tertiary/aromatic N) is 1. The zero-order chi connectivity index (χ0) is 12.4. The van der Waals surface area contributed by atoms with Crippen LogP contribution < -0.4 is 5.32 Å². The minimum atomic E-state index is -0.228. The fourth-order valence-electron chi connectivity index (χ4n) is 1.43. The molecule has 4 nitrogen and oxygen atoms in total. The quantitative estimate of drug-likeness (QED) is 0.924. The van der Waals surface area contributed by atoms with Crippen LogP contribution in [0.25, 0.3) is 0 Å². The molecular formula is C12H11BrN2O2. The molecule has 88 valence electrons. The second-order valence-electron chi connectivity index (χ2n) is 3.73. The van der Waals surface area contributed by atoms with Gasteiger partial charge in [-0.05, 0) is 47.5 Å². The molecule has 17 heavy (non-hydrogen) atoms. The van der Waals surface area contributed by atoms with Crippen LogP contribution in [0.15, 0.2) is 33.4 Å². The molecule has 0 aliphatic rings. The zero-order valence-electron chi connectivity index (χ0n) is 9.45. The summed E-state index contributed by atoms with van der Waals surface area (Å²) in [7, 11) is 0. The maximum Gasteiger partial charge on any atom is 0.260 e. The fourth-order valence-corrected chi connectivity index (χ4v) is 2.02. The molecule has 0 atom stereocenters. The van der Waals surface area contributed by atoms with E-state index in [1.54, 1.807) is 6.92 Å². The van der Waals surface area contributed by atoms with E-state index in [-0.39, 0.29) is 5.91 Å². The first-order valence-electron chi connectivity index (χ1n) is 5.06. The first-order valence-corrected chi connectivity index (χ1v) is 5.86. The van der Waals surface area contributed by atoms with Crippen molar-refractivity contribution in [1.82, 2.24) is 5.16 Å². The Bertz CT molecular complexity index is 563. The van der Waals surface area contributed by atoms with Crippen molar-refractivity contribution in [2.45, 2.75) is 13.8 Å². The van der Waals surface area contributed by atoms with Crippen molar-refractivity contribution in [3.63, 3.8) is 0 Å². The van der Waals surface area contributed by atoms with Gasteiger partial charge >= 0.3 is 0 Å². The number of hydrogen-bond acceptors (Lipinski definition) is 3. The van der Waals surface area contributed by atoms with Crippen molar-refractivity contribution >= 4 is 27.5 Å². The molecule has 1 N–H and O–H groups in total. The number of carbonyl (C=O) groups is 1. The number of hydrogen-bond donors (Lipinski definition) is 1. The molecule has 1 amide bonds. The Balaban J connectivity index is 2.22. The first-order chi connectivity index (χ1) is 8.08. The summed E-state index contributed by atoms with van der Waals surface area (Å²) in [6.45, 7) is 3.69. The van der Waals surface area contributed by atoms with E-state index in [1.807, 2.05) is 25.1 Å². The van der Waals surface area contributed by atoms with Gasteiger partial charge < -0.3 is 9.84 Å². The van der Waals surface area contributed by atoms with Crippen LogP contribution in [0.1, 0.15) is 21.7 Å². The monoisotopic (exact) mass is 294 g/mol. The first kappa shape index (κ1) is 11.9. The zero-order valence-corrected chi connectivity index (χ0v) is 11.0. The Kier molecular flexibility index (Phi) is 3.28. The van der Waals surface area contributed by atoms with Crippen LogP contribution in [0.3, 0.4) is 0 Å². The van der Waals surface area contributed by atoms with Crippen molar-refractivity contribution in [3.05, 3.63) is 45.8 Å². The lowest BCUT2D eigenvalue weighted by atomic mass is 10.2. The smallest absolute Gasteiger partial charge is 0.260 e. The van der Waals surface area contributed by atoms with E-state index in [4.69, 9.17) is 4.52 Å². The van der Waals surface area contributed by atoms with Gasteiger partial charge in [-0.25, -0.2) is 0 Å². The number of benzene rings is 1. The molecule has 0 spiro atoms. The summed E-state index contributed by atoms with van der Waals surface area (Å²) in [6.07, 6.45) is 1.41. The molecule has 0 fully saturated rings. The number of amides is 1. The standard InChI is InChI=1S/C12H11BrN2O2/c1-7-3-4-11(10(13)5-7)15-12(16)9-6-14-17-8(9)2/h3-6H,1-2H3,(H,15,16). The highest BCUT2D eigenvalue weighted by atomic mass is 79.9. The SMILES string of the molecule is Cc1ccc(NC(=O)c2cnoc2C)c(Br)c1. The molecule has 0 saturated heterocycles. The largest absolute Gasteiger partial charge is 0.361 e. The van der Waals surface area contributed by atoms with Gasteiger partial charge in [0, 0.05) is 4.47 Å². The minimum absolute atomic E-state index is 0.228. The average Bonchev–Trinajstić information content (AvgIpc) is 2.68. The second-order valence-corrected chi connectivity index (χ2v) is 4.59. The number of carbonyl (C=O) groups excluding carboxylic acids is 1. The van der Waals surface area contributed by atoms with Gasteiger partial charge in [0.2, 0.25) is 0 Å². The molecule has 2 rings (SSSR count). The minimum Gasteiger partial charge on any atom is -0.361 e. The molecule has 1 heterocycles. The molecule has 1 aromatic heterocycles. The van der Waals surface area contributed by atoms with E-state index in [1.165, 1.54) is 6.20 Å². The third kappa shape index (κ3) is 2.55. The second kappa shape index (κ2) is 4.71. The van der Waals surface area contributed by atoms with Crippen LogP contribution in [-0.4, -0.2) is 11.1 Å². The molecule has 2 aromatic rings. The van der Waals surface area contributed by atoms with E-state index >= 15 is 0 Å². The molecule has 0 unspecified atom stereocenters. The molecule has 1 aromatic carbocycles. The van der Waals surface area contributed by atoms with Crippen molar-refractivity contribution in [2.24, 2.45) is 0 Å². The summed E-state index contributed by atoms with van der Waals surface area (Å²) < 4.78 is 5.70. The van der Waals surface area contributed by atoms with Crippen LogP contribution in [0.4, 0.5) is 5.69 Å². The Morgan fingerprint density at radius 3 is 2.76 bits per heavy atom. The maximum absolute atomic E-state index is 11.9. The van der Waals surface area contributed by atoms with Gasteiger partial charge in [0.25, 0.3) is 5.91 Å². The highest BCUT2D eigenvalue weighted by Crippen LogP contribution is 2.24. The molecular weight excluding hydrogens is 284 g/mol. The Hall–Kier alpha value is -1.62. The lowest BCUT2D eigenvalue weighted by Gasteiger charge is -2.07. The predicted octanol–water partition coefficient (Wildman–Crippen LogP) is 3.31. The predicted molar refractivity (Wildman–Crippen MR) is 68.1 cm³/mol. The topological polar surface area (TPSA) is 55.1 Å². The Morgan fingerprint density at radius 2 is 2.18 bits per heavy atom. The number of anilines is 1. The summed E-state index contributed by atoms with van der Waals surface area (Å²) in [5.74, 6) is 0.277. The van der Waals surface area contributed by atoms with E-state index in [2.05, 4.69) is 26.4 Å². The summed E-state index contributed by atoms with van der Waals surface area (Å²) in [4.78, 5) is 11.9. The number of aryl methyl sites for hydroxylation is 2. The van der Waals surface area contributed by atoms with Crippen molar-refractivity contribution < 1.29 is 9.32 Å². The van der Waals surface area contributed by atoms with Gasteiger partial charge in [-0.1, -0.05) is 11.2 Å². The van der Waals surface area contributed by atoms with Crippen LogP contribution in [0.5, 0.6) is 0 Å². The Morgan fingerprint density at radius 1 is 1.41 bits per heavy atom. The van der Waals surface area contributed by atoms with Gasteiger partial charge in [-0.3, -0.25) is 4.79 Å². The molecule has 0 bridgehead atoms. The third-order valence-electron chi connectivity index (χ3n) is 2.37. The molecule has 0 aliphatic carbocycles. The highest BCUT2D eigenvalue weighted by Gasteiger charge is 2.13. The average molecular weight is 295 g/mol. The normalized spacial score (nSPS) is 10.3. The van der Waals surface area contributed by atoms with Crippen LogP contribution in [-0.2, 0) is 0 Å². The van der Waals surface area contributed by atoms with Crippen molar-refractivity contribution in [2.75, 3.05) is 5.32 Å². The van der Waals surface area contributed by atoms with Crippen LogP contribution in [0.2, 0.25) is 0 Å². The fraction of sp³-hybridized carbons (Fsp3) is 0.167. The molecule has 0 aliphatic heterocycles. The summed E-state index contributed by atoms with van der Waals surface area (Å²) >= 11 is 3.40. The van der Waals surface area contributed by atoms with Crippen molar-refractivity contribution in [1.29, 1.82) is 0 Å². The number of aromatic nitrogens is 1. The number of rotatable bonds is 2. The van der Waals surface area contributed by atoms with E-state index in [9.17, 15) is 4.79 Å². The van der Waals surface area contributed by atoms with E-state index < -0.39 is 0 Å². The van der Waals surface area contributed by atoms with Crippen LogP contribution >= 0.6 is 15.9 Å².